The lowest BCUT2D eigenvalue weighted by Crippen LogP contribution is -2.69. The molecule has 4 bridgehead atoms. The molecule has 7 rings (SSSR count). The molecule has 8 heteroatoms. The molecule has 4 aliphatic rings. The van der Waals surface area contributed by atoms with E-state index in [1.54, 1.807) is 24.4 Å². The number of amides is 2. The second-order valence-corrected chi connectivity index (χ2v) is 10.0. The van der Waals surface area contributed by atoms with Crippen LogP contribution in [-0.4, -0.2) is 37.8 Å². The third-order valence-corrected chi connectivity index (χ3v) is 7.40. The maximum Gasteiger partial charge on any atom is 0.271 e. The van der Waals surface area contributed by atoms with Crippen LogP contribution in [0.2, 0.25) is 0 Å². The van der Waals surface area contributed by atoms with Gasteiger partial charge in [-0.15, -0.1) is 0 Å². The fourth-order valence-electron chi connectivity index (χ4n) is 6.74. The van der Waals surface area contributed by atoms with Gasteiger partial charge in [0.25, 0.3) is 11.8 Å². The number of carbonyl (C=O) groups is 2. The second-order valence-electron chi connectivity index (χ2n) is 10.0. The Morgan fingerprint density at radius 1 is 1.03 bits per heavy atom. The van der Waals surface area contributed by atoms with E-state index in [4.69, 9.17) is 4.42 Å². The van der Waals surface area contributed by atoms with Crippen LogP contribution in [0.3, 0.4) is 0 Å². The molecule has 2 amide bonds. The van der Waals surface area contributed by atoms with Gasteiger partial charge in [-0.3, -0.25) is 14.6 Å². The zero-order chi connectivity index (χ0) is 21.9. The van der Waals surface area contributed by atoms with Gasteiger partial charge in [-0.05, 0) is 75.5 Å². The average Bonchev–Trinajstić information content (AvgIpc) is 3.20. The predicted octanol–water partition coefficient (Wildman–Crippen LogP) is 3.18. The van der Waals surface area contributed by atoms with Gasteiger partial charge in [-0.2, -0.15) is 0 Å². The van der Waals surface area contributed by atoms with Crippen LogP contribution >= 0.6 is 0 Å². The molecule has 2 N–H and O–H groups in total. The molecule has 0 aliphatic heterocycles. The summed E-state index contributed by atoms with van der Waals surface area (Å²) in [6, 6.07) is 5.32. The molecule has 2 aromatic heterocycles. The minimum absolute atomic E-state index is 0.0946. The second kappa shape index (κ2) is 6.85. The van der Waals surface area contributed by atoms with E-state index in [-0.39, 0.29) is 22.9 Å². The number of nitrogens with zero attached hydrogens (tertiary/aromatic N) is 3. The molecule has 3 aromatic rings. The molecule has 2 atom stereocenters. The first-order valence-electron chi connectivity index (χ1n) is 11.2. The first-order chi connectivity index (χ1) is 15.4. The first-order valence-corrected chi connectivity index (χ1v) is 11.2. The van der Waals surface area contributed by atoms with Gasteiger partial charge < -0.3 is 15.1 Å². The van der Waals surface area contributed by atoms with Crippen molar-refractivity contribution >= 4 is 22.9 Å². The van der Waals surface area contributed by atoms with Crippen molar-refractivity contribution in [3.8, 4) is 0 Å². The molecule has 32 heavy (non-hydrogen) atoms. The standard InChI is InChI=1S/C24H25N5O3/c1-14-10-25-11-19(27-14)22(31)29-24-8-15-4-16(9-24)7-23(6-15,12-24)28-21(30)17-2-3-20-18(5-17)26-13-32-20/h2-3,5,10-11,13,15-16H,4,6-9,12H2,1H3,(H,28,30)(H,29,31). The molecule has 4 aliphatic carbocycles. The summed E-state index contributed by atoms with van der Waals surface area (Å²) in [5, 5.41) is 6.68. The van der Waals surface area contributed by atoms with Gasteiger partial charge in [-0.25, -0.2) is 9.97 Å². The van der Waals surface area contributed by atoms with E-state index in [9.17, 15) is 9.59 Å². The van der Waals surface area contributed by atoms with Crippen molar-refractivity contribution in [2.75, 3.05) is 0 Å². The smallest absolute Gasteiger partial charge is 0.271 e. The molecule has 0 radical (unpaired) electrons. The number of nitrogens with one attached hydrogen (secondary N) is 2. The van der Waals surface area contributed by atoms with E-state index >= 15 is 0 Å². The summed E-state index contributed by atoms with van der Waals surface area (Å²) in [5.74, 6) is 0.723. The minimum Gasteiger partial charge on any atom is -0.443 e. The highest BCUT2D eigenvalue weighted by Crippen LogP contribution is 2.57. The maximum absolute atomic E-state index is 13.2. The summed E-state index contributed by atoms with van der Waals surface area (Å²) >= 11 is 0. The Morgan fingerprint density at radius 3 is 2.47 bits per heavy atom. The molecular weight excluding hydrogens is 406 g/mol. The quantitative estimate of drug-likeness (QED) is 0.657. The Hall–Kier alpha value is -3.29. The monoisotopic (exact) mass is 431 g/mol. The van der Waals surface area contributed by atoms with Crippen LogP contribution in [0.1, 0.15) is 65.1 Å². The summed E-state index contributed by atoms with van der Waals surface area (Å²) in [6.45, 7) is 1.83. The average molecular weight is 431 g/mol. The van der Waals surface area contributed by atoms with E-state index in [0.29, 0.717) is 34.2 Å². The van der Waals surface area contributed by atoms with Crippen LogP contribution in [0.15, 0.2) is 41.4 Å². The van der Waals surface area contributed by atoms with E-state index in [0.717, 1.165) is 37.8 Å². The molecular formula is C24H25N5O3. The van der Waals surface area contributed by atoms with Crippen molar-refractivity contribution < 1.29 is 14.0 Å². The van der Waals surface area contributed by atoms with Gasteiger partial charge >= 0.3 is 0 Å². The molecule has 4 saturated carbocycles. The summed E-state index contributed by atoms with van der Waals surface area (Å²) in [7, 11) is 0. The predicted molar refractivity (Wildman–Crippen MR) is 116 cm³/mol. The number of oxazole rings is 1. The first kappa shape index (κ1) is 19.4. The number of benzene rings is 1. The number of hydrogen-bond donors (Lipinski definition) is 2. The number of aryl methyl sites for hydroxylation is 1. The molecule has 2 unspecified atom stereocenters. The number of aromatic nitrogens is 3. The third kappa shape index (κ3) is 3.25. The SMILES string of the molecule is Cc1cncc(C(=O)NC23CC4CC(CC(NC(=O)c5ccc6ocnc6c5)(C4)C2)C3)n1. The van der Waals surface area contributed by atoms with Crippen molar-refractivity contribution in [3.63, 3.8) is 0 Å². The normalized spacial score (nSPS) is 30.4. The highest BCUT2D eigenvalue weighted by atomic mass is 16.3. The Labute approximate surface area is 185 Å². The van der Waals surface area contributed by atoms with Crippen LogP contribution in [0, 0.1) is 18.8 Å². The van der Waals surface area contributed by atoms with Gasteiger partial charge in [0.1, 0.15) is 11.2 Å². The van der Waals surface area contributed by atoms with Gasteiger partial charge in [0.15, 0.2) is 12.0 Å². The Balaban J connectivity index is 1.25. The highest BCUT2D eigenvalue weighted by molar-refractivity contribution is 5.97. The summed E-state index contributed by atoms with van der Waals surface area (Å²) in [6.07, 6.45) is 10.3. The van der Waals surface area contributed by atoms with Crippen molar-refractivity contribution in [2.24, 2.45) is 11.8 Å². The van der Waals surface area contributed by atoms with Crippen LogP contribution in [0.4, 0.5) is 0 Å². The van der Waals surface area contributed by atoms with Crippen LogP contribution in [-0.2, 0) is 0 Å². The third-order valence-electron chi connectivity index (χ3n) is 7.40. The molecule has 0 saturated heterocycles. The lowest BCUT2D eigenvalue weighted by atomic mass is 9.49. The summed E-state index contributed by atoms with van der Waals surface area (Å²) < 4.78 is 5.29. The molecule has 0 spiro atoms. The zero-order valence-electron chi connectivity index (χ0n) is 17.9. The van der Waals surface area contributed by atoms with Gasteiger partial charge in [0, 0.05) is 22.8 Å². The topological polar surface area (TPSA) is 110 Å². The number of rotatable bonds is 4. The van der Waals surface area contributed by atoms with Gasteiger partial charge in [-0.1, -0.05) is 0 Å². The van der Waals surface area contributed by atoms with Crippen molar-refractivity contribution in [1.29, 1.82) is 0 Å². The van der Waals surface area contributed by atoms with Crippen LogP contribution in [0.25, 0.3) is 11.1 Å². The number of carbonyl (C=O) groups excluding carboxylic acids is 2. The Kier molecular flexibility index (Phi) is 4.15. The number of hydrogen-bond acceptors (Lipinski definition) is 6. The molecule has 8 nitrogen and oxygen atoms in total. The fraction of sp³-hybridized carbons (Fsp3) is 0.458. The van der Waals surface area contributed by atoms with Crippen molar-refractivity contribution in [1.82, 2.24) is 25.6 Å². The van der Waals surface area contributed by atoms with Crippen molar-refractivity contribution in [2.45, 2.75) is 56.5 Å². The van der Waals surface area contributed by atoms with Gasteiger partial charge in [0.05, 0.1) is 11.9 Å². The lowest BCUT2D eigenvalue weighted by Gasteiger charge is -2.62. The van der Waals surface area contributed by atoms with Gasteiger partial charge in [0.2, 0.25) is 0 Å². The van der Waals surface area contributed by atoms with E-state index in [1.165, 1.54) is 19.0 Å². The Bertz CT molecular complexity index is 1220. The Morgan fingerprint density at radius 2 is 1.75 bits per heavy atom. The van der Waals surface area contributed by atoms with E-state index < -0.39 is 0 Å². The van der Waals surface area contributed by atoms with Crippen LogP contribution < -0.4 is 10.6 Å². The van der Waals surface area contributed by atoms with Crippen molar-refractivity contribution in [3.05, 3.63) is 53.9 Å². The fourth-order valence-corrected chi connectivity index (χ4v) is 6.74. The largest absolute Gasteiger partial charge is 0.443 e. The molecule has 164 valence electrons. The van der Waals surface area contributed by atoms with Crippen LogP contribution in [0.5, 0.6) is 0 Å². The van der Waals surface area contributed by atoms with E-state index in [1.807, 2.05) is 6.92 Å². The number of fused-ring (bicyclic) bond motifs is 1. The summed E-state index contributed by atoms with van der Waals surface area (Å²) in [5.41, 5.74) is 2.37. The molecule has 1 aromatic carbocycles. The lowest BCUT2D eigenvalue weighted by molar-refractivity contribution is -0.0448. The molecule has 2 heterocycles. The zero-order valence-corrected chi connectivity index (χ0v) is 17.9. The van der Waals surface area contributed by atoms with E-state index in [2.05, 4.69) is 25.6 Å². The maximum atomic E-state index is 13.2. The minimum atomic E-state index is -0.310. The molecule has 4 fully saturated rings. The summed E-state index contributed by atoms with van der Waals surface area (Å²) in [4.78, 5) is 38.8. The highest BCUT2D eigenvalue weighted by Gasteiger charge is 2.58.